The molecule has 0 bridgehead atoms. The molecule has 104 valence electrons. The minimum absolute atomic E-state index is 0.890. The van der Waals surface area contributed by atoms with Crippen molar-refractivity contribution in [2.75, 3.05) is 0 Å². The van der Waals surface area contributed by atoms with Gasteiger partial charge >= 0.3 is 0 Å². The first-order valence-electron chi connectivity index (χ1n) is 7.25. The lowest BCUT2D eigenvalue weighted by Crippen LogP contribution is -1.79. The molecule has 0 unspecified atom stereocenters. The number of aromatic nitrogens is 2. The van der Waals surface area contributed by atoms with E-state index in [4.69, 9.17) is 4.42 Å². The highest BCUT2D eigenvalue weighted by molar-refractivity contribution is 6.11. The minimum Gasteiger partial charge on any atom is -0.455 e. The quantitative estimate of drug-likeness (QED) is 0.463. The monoisotopic (exact) mass is 284 g/mol. The summed E-state index contributed by atoms with van der Waals surface area (Å²) in [6, 6.07) is 22.5. The van der Waals surface area contributed by atoms with Crippen LogP contribution in [0.25, 0.3) is 44.1 Å². The molecule has 0 saturated heterocycles. The molecule has 3 nitrogen and oxygen atoms in total. The van der Waals surface area contributed by atoms with E-state index in [0.29, 0.717) is 0 Å². The lowest BCUT2D eigenvalue weighted by Gasteiger charge is -1.99. The number of rotatable bonds is 1. The van der Waals surface area contributed by atoms with Crippen LogP contribution in [-0.2, 0) is 0 Å². The van der Waals surface area contributed by atoms with Gasteiger partial charge in [-0.05, 0) is 18.2 Å². The Labute approximate surface area is 126 Å². The van der Waals surface area contributed by atoms with Crippen LogP contribution in [0.1, 0.15) is 0 Å². The number of hydrogen-bond donors (Lipinski definition) is 1. The molecule has 0 fully saturated rings. The molecule has 3 aromatic carbocycles. The van der Waals surface area contributed by atoms with Gasteiger partial charge in [-0.3, -0.25) is 5.10 Å². The molecule has 0 amide bonds. The highest BCUT2D eigenvalue weighted by atomic mass is 16.3. The number of benzene rings is 3. The summed E-state index contributed by atoms with van der Waals surface area (Å²) in [7, 11) is 0. The van der Waals surface area contributed by atoms with Crippen LogP contribution in [0, 0.1) is 0 Å². The Hall–Kier alpha value is -3.07. The molecule has 0 aliphatic rings. The van der Waals surface area contributed by atoms with E-state index in [-0.39, 0.29) is 0 Å². The van der Waals surface area contributed by atoms with Crippen LogP contribution in [0.15, 0.2) is 71.1 Å². The second-order valence-electron chi connectivity index (χ2n) is 5.40. The number of nitrogens with one attached hydrogen (secondary N) is 1. The SMILES string of the molecule is c1ccc2c(-c3cccc4c3oc3ccccc34)n[nH]c2c1. The third-order valence-electron chi connectivity index (χ3n) is 4.13. The van der Waals surface area contributed by atoms with Crippen LogP contribution in [-0.4, -0.2) is 10.2 Å². The molecule has 3 heteroatoms. The van der Waals surface area contributed by atoms with Crippen molar-refractivity contribution in [3.8, 4) is 11.3 Å². The van der Waals surface area contributed by atoms with Gasteiger partial charge in [-0.1, -0.05) is 48.5 Å². The molecule has 5 rings (SSSR count). The third-order valence-corrected chi connectivity index (χ3v) is 4.13. The molecule has 0 radical (unpaired) electrons. The minimum atomic E-state index is 0.890. The summed E-state index contributed by atoms with van der Waals surface area (Å²) in [6.07, 6.45) is 0. The van der Waals surface area contributed by atoms with Gasteiger partial charge in [-0.15, -0.1) is 0 Å². The fraction of sp³-hybridized carbons (Fsp3) is 0. The molecule has 0 aliphatic heterocycles. The third kappa shape index (κ3) is 1.48. The molecule has 0 atom stereocenters. The molecule has 5 aromatic rings. The number of fused-ring (bicyclic) bond motifs is 4. The van der Waals surface area contributed by atoms with Gasteiger partial charge in [-0.2, -0.15) is 5.10 Å². The largest absolute Gasteiger partial charge is 0.455 e. The fourth-order valence-corrected chi connectivity index (χ4v) is 3.10. The zero-order valence-electron chi connectivity index (χ0n) is 11.7. The van der Waals surface area contributed by atoms with Gasteiger partial charge in [0.2, 0.25) is 0 Å². The number of furan rings is 1. The molecule has 2 heterocycles. The number of hydrogen-bond acceptors (Lipinski definition) is 2. The maximum absolute atomic E-state index is 6.10. The second kappa shape index (κ2) is 4.21. The predicted octanol–water partition coefficient (Wildman–Crippen LogP) is 5.13. The average molecular weight is 284 g/mol. The van der Waals surface area contributed by atoms with Gasteiger partial charge in [0.1, 0.15) is 16.9 Å². The van der Waals surface area contributed by atoms with E-state index in [1.807, 2.05) is 36.4 Å². The predicted molar refractivity (Wildman–Crippen MR) is 88.8 cm³/mol. The Kier molecular flexibility index (Phi) is 2.22. The van der Waals surface area contributed by atoms with Crippen LogP contribution in [0.3, 0.4) is 0 Å². The summed E-state index contributed by atoms with van der Waals surface area (Å²) in [5.74, 6) is 0. The number of para-hydroxylation sites is 3. The number of nitrogens with zero attached hydrogens (tertiary/aromatic N) is 1. The van der Waals surface area contributed by atoms with Crippen molar-refractivity contribution in [1.29, 1.82) is 0 Å². The molecule has 2 aromatic heterocycles. The van der Waals surface area contributed by atoms with Crippen molar-refractivity contribution >= 4 is 32.8 Å². The van der Waals surface area contributed by atoms with Crippen LogP contribution in [0.4, 0.5) is 0 Å². The van der Waals surface area contributed by atoms with Gasteiger partial charge < -0.3 is 4.42 Å². The standard InChI is InChI=1S/C19H12N2O/c1-3-10-16-14(7-1)18(21-20-16)15-9-5-8-13-12-6-2-4-11-17(12)22-19(13)15/h1-11H,(H,20,21). The smallest absolute Gasteiger partial charge is 0.144 e. The molecular weight excluding hydrogens is 272 g/mol. The van der Waals surface area contributed by atoms with Crippen molar-refractivity contribution in [2.45, 2.75) is 0 Å². The van der Waals surface area contributed by atoms with Gasteiger partial charge in [0.05, 0.1) is 5.52 Å². The summed E-state index contributed by atoms with van der Waals surface area (Å²) in [4.78, 5) is 0. The summed E-state index contributed by atoms with van der Waals surface area (Å²) < 4.78 is 6.10. The first-order chi connectivity index (χ1) is 10.9. The normalized spacial score (nSPS) is 11.6. The van der Waals surface area contributed by atoms with E-state index < -0.39 is 0 Å². The maximum Gasteiger partial charge on any atom is 0.144 e. The Morgan fingerprint density at radius 1 is 0.727 bits per heavy atom. The molecular formula is C19H12N2O. The Morgan fingerprint density at radius 2 is 1.50 bits per heavy atom. The maximum atomic E-state index is 6.10. The molecule has 0 aliphatic carbocycles. The van der Waals surface area contributed by atoms with E-state index in [9.17, 15) is 0 Å². The Balaban J connectivity index is 1.92. The van der Waals surface area contributed by atoms with Gasteiger partial charge in [0.15, 0.2) is 0 Å². The average Bonchev–Trinajstić information content (AvgIpc) is 3.16. The van der Waals surface area contributed by atoms with E-state index >= 15 is 0 Å². The highest BCUT2D eigenvalue weighted by Gasteiger charge is 2.15. The van der Waals surface area contributed by atoms with E-state index in [2.05, 4.69) is 40.5 Å². The van der Waals surface area contributed by atoms with Gasteiger partial charge in [0.25, 0.3) is 0 Å². The van der Waals surface area contributed by atoms with Crippen molar-refractivity contribution < 1.29 is 4.42 Å². The molecule has 0 saturated carbocycles. The van der Waals surface area contributed by atoms with Gasteiger partial charge in [0, 0.05) is 21.7 Å². The summed E-state index contributed by atoms with van der Waals surface area (Å²) >= 11 is 0. The topological polar surface area (TPSA) is 41.8 Å². The van der Waals surface area contributed by atoms with E-state index in [1.54, 1.807) is 0 Å². The first-order valence-corrected chi connectivity index (χ1v) is 7.25. The van der Waals surface area contributed by atoms with Crippen molar-refractivity contribution in [1.82, 2.24) is 10.2 Å². The molecule has 22 heavy (non-hydrogen) atoms. The number of H-pyrrole nitrogens is 1. The van der Waals surface area contributed by atoms with Crippen molar-refractivity contribution in [2.24, 2.45) is 0 Å². The number of aromatic amines is 1. The van der Waals surface area contributed by atoms with Crippen LogP contribution < -0.4 is 0 Å². The highest BCUT2D eigenvalue weighted by Crippen LogP contribution is 2.37. The lowest BCUT2D eigenvalue weighted by atomic mass is 10.0. The van der Waals surface area contributed by atoms with E-state index in [1.165, 1.54) is 0 Å². The molecule has 0 spiro atoms. The summed E-state index contributed by atoms with van der Waals surface area (Å²) in [5.41, 5.74) is 4.78. The zero-order valence-corrected chi connectivity index (χ0v) is 11.7. The Bertz CT molecular complexity index is 1130. The van der Waals surface area contributed by atoms with Crippen LogP contribution in [0.2, 0.25) is 0 Å². The first kappa shape index (κ1) is 11.6. The summed E-state index contributed by atoms with van der Waals surface area (Å²) in [6.45, 7) is 0. The van der Waals surface area contributed by atoms with E-state index in [0.717, 1.165) is 44.1 Å². The van der Waals surface area contributed by atoms with Crippen molar-refractivity contribution in [3.05, 3.63) is 66.7 Å². The second-order valence-corrected chi connectivity index (χ2v) is 5.40. The van der Waals surface area contributed by atoms with Gasteiger partial charge in [-0.25, -0.2) is 0 Å². The molecule has 1 N–H and O–H groups in total. The van der Waals surface area contributed by atoms with Crippen LogP contribution >= 0.6 is 0 Å². The Morgan fingerprint density at radius 3 is 2.45 bits per heavy atom. The lowest BCUT2D eigenvalue weighted by molar-refractivity contribution is 0.670. The van der Waals surface area contributed by atoms with Crippen LogP contribution in [0.5, 0.6) is 0 Å². The van der Waals surface area contributed by atoms with Crippen molar-refractivity contribution in [3.63, 3.8) is 0 Å². The fourth-order valence-electron chi connectivity index (χ4n) is 3.10. The zero-order chi connectivity index (χ0) is 14.5. The summed E-state index contributed by atoms with van der Waals surface area (Å²) in [5, 5.41) is 11.0.